The zero-order valence-electron chi connectivity index (χ0n) is 15.0. The van der Waals surface area contributed by atoms with Crippen LogP contribution < -0.4 is 5.32 Å². The number of benzene rings is 2. The van der Waals surface area contributed by atoms with E-state index in [1.807, 2.05) is 66.7 Å². The minimum atomic E-state index is -0.518. The third kappa shape index (κ3) is 5.96. The molecule has 140 valence electrons. The number of nitrogens with zero attached hydrogens (tertiary/aromatic N) is 2. The van der Waals surface area contributed by atoms with Crippen LogP contribution in [0.25, 0.3) is 0 Å². The van der Waals surface area contributed by atoms with Gasteiger partial charge in [0.1, 0.15) is 11.6 Å². The number of aliphatic hydroxyl groups excluding tert-OH is 2. The number of hydrogen-bond acceptors (Lipinski definition) is 5. The Bertz CT molecular complexity index is 740. The second kappa shape index (κ2) is 10.8. The van der Waals surface area contributed by atoms with Gasteiger partial charge in [0.2, 0.25) is 0 Å². The van der Waals surface area contributed by atoms with Crippen molar-refractivity contribution in [3.8, 4) is 6.07 Å². The quantitative estimate of drug-likeness (QED) is 0.463. The fourth-order valence-corrected chi connectivity index (χ4v) is 2.68. The number of carbonyl (C=O) groups is 1. The zero-order valence-corrected chi connectivity index (χ0v) is 15.0. The van der Waals surface area contributed by atoms with Gasteiger partial charge in [-0.2, -0.15) is 5.26 Å². The van der Waals surface area contributed by atoms with Crippen molar-refractivity contribution >= 4 is 5.91 Å². The molecule has 0 aliphatic rings. The zero-order chi connectivity index (χ0) is 19.5. The Labute approximate surface area is 159 Å². The maximum atomic E-state index is 12.7. The van der Waals surface area contributed by atoms with Crippen LogP contribution in [0.15, 0.2) is 72.4 Å². The van der Waals surface area contributed by atoms with Gasteiger partial charge < -0.3 is 20.4 Å². The molecule has 2 aromatic carbocycles. The lowest BCUT2D eigenvalue weighted by Gasteiger charge is -2.21. The summed E-state index contributed by atoms with van der Waals surface area (Å²) in [6.45, 7) is 0.153. The topological polar surface area (TPSA) is 96.6 Å². The molecule has 6 heteroatoms. The van der Waals surface area contributed by atoms with Crippen molar-refractivity contribution in [1.29, 1.82) is 5.26 Å². The molecule has 0 aliphatic carbocycles. The van der Waals surface area contributed by atoms with Gasteiger partial charge >= 0.3 is 0 Å². The maximum Gasteiger partial charge on any atom is 0.264 e. The summed E-state index contributed by atoms with van der Waals surface area (Å²) < 4.78 is 0. The Morgan fingerprint density at radius 1 is 1.00 bits per heavy atom. The lowest BCUT2D eigenvalue weighted by atomic mass is 9.98. The van der Waals surface area contributed by atoms with Crippen LogP contribution in [0.1, 0.15) is 17.2 Å². The molecule has 2 aromatic rings. The van der Waals surface area contributed by atoms with Crippen molar-refractivity contribution in [3.63, 3.8) is 0 Å². The van der Waals surface area contributed by atoms with Crippen LogP contribution in [0.5, 0.6) is 0 Å². The van der Waals surface area contributed by atoms with Gasteiger partial charge in [-0.1, -0.05) is 60.7 Å². The van der Waals surface area contributed by atoms with E-state index in [0.717, 1.165) is 11.1 Å². The van der Waals surface area contributed by atoms with E-state index in [0.29, 0.717) is 0 Å². The fraction of sp³-hybridized carbons (Fsp3) is 0.238. The molecule has 0 spiro atoms. The summed E-state index contributed by atoms with van der Waals surface area (Å²) in [7, 11) is 0. The monoisotopic (exact) mass is 365 g/mol. The molecule has 27 heavy (non-hydrogen) atoms. The molecule has 3 N–H and O–H groups in total. The number of rotatable bonds is 9. The predicted octanol–water partition coefficient (Wildman–Crippen LogP) is 1.59. The molecule has 6 nitrogen and oxygen atoms in total. The number of carbonyl (C=O) groups excluding carboxylic acids is 1. The maximum absolute atomic E-state index is 12.7. The van der Waals surface area contributed by atoms with E-state index in [-0.39, 0.29) is 31.9 Å². The van der Waals surface area contributed by atoms with Crippen LogP contribution in [-0.4, -0.2) is 47.3 Å². The molecule has 0 saturated heterocycles. The lowest BCUT2D eigenvalue weighted by molar-refractivity contribution is -0.117. The highest BCUT2D eigenvalue weighted by atomic mass is 16.3. The normalized spacial score (nSPS) is 11.1. The standard InChI is InChI=1S/C21H23N3O3/c22-15-19(16-24(11-13-25)12-14-26)21(27)23-20(17-7-3-1-4-8-17)18-9-5-2-6-10-18/h1-10,16,20,25-26H,11-14H2,(H,23,27)/b19-16-. The van der Waals surface area contributed by atoms with Crippen molar-refractivity contribution in [2.45, 2.75) is 6.04 Å². The first kappa shape index (κ1) is 20.2. The number of nitriles is 1. The van der Waals surface area contributed by atoms with E-state index in [1.165, 1.54) is 11.1 Å². The van der Waals surface area contributed by atoms with Crippen molar-refractivity contribution in [2.75, 3.05) is 26.3 Å². The summed E-state index contributed by atoms with van der Waals surface area (Å²) >= 11 is 0. The van der Waals surface area contributed by atoms with Crippen LogP contribution in [-0.2, 0) is 4.79 Å². The minimum Gasteiger partial charge on any atom is -0.395 e. The van der Waals surface area contributed by atoms with Gasteiger partial charge in [0.15, 0.2) is 0 Å². The average Bonchev–Trinajstić information content (AvgIpc) is 2.71. The average molecular weight is 365 g/mol. The summed E-state index contributed by atoms with van der Waals surface area (Å²) in [6.07, 6.45) is 1.37. The van der Waals surface area contributed by atoms with Crippen LogP contribution in [0, 0.1) is 11.3 Å². The summed E-state index contributed by atoms with van der Waals surface area (Å²) in [5.41, 5.74) is 1.71. The van der Waals surface area contributed by atoms with Crippen molar-refractivity contribution in [3.05, 3.63) is 83.6 Å². The van der Waals surface area contributed by atoms with E-state index in [2.05, 4.69) is 5.32 Å². The number of nitrogens with one attached hydrogen (secondary N) is 1. The summed E-state index contributed by atoms with van der Waals surface area (Å²) in [5.74, 6) is -0.518. The smallest absolute Gasteiger partial charge is 0.264 e. The van der Waals surface area contributed by atoms with Crippen LogP contribution >= 0.6 is 0 Å². The third-order valence-electron chi connectivity index (χ3n) is 3.99. The van der Waals surface area contributed by atoms with E-state index < -0.39 is 11.9 Å². The van der Waals surface area contributed by atoms with E-state index in [1.54, 1.807) is 0 Å². The van der Waals surface area contributed by atoms with Crippen molar-refractivity contribution in [1.82, 2.24) is 10.2 Å². The van der Waals surface area contributed by atoms with E-state index >= 15 is 0 Å². The molecule has 0 fully saturated rings. The Morgan fingerprint density at radius 2 is 1.48 bits per heavy atom. The SMILES string of the molecule is N#C/C(=C/N(CCO)CCO)C(=O)NC(c1ccccc1)c1ccccc1. The molecule has 0 atom stereocenters. The van der Waals surface area contributed by atoms with Gasteiger partial charge in [0.05, 0.1) is 19.3 Å². The summed E-state index contributed by atoms with van der Waals surface area (Å²) in [4.78, 5) is 14.3. The molecule has 0 heterocycles. The molecule has 0 unspecified atom stereocenters. The van der Waals surface area contributed by atoms with Crippen LogP contribution in [0.3, 0.4) is 0 Å². The van der Waals surface area contributed by atoms with Crippen molar-refractivity contribution < 1.29 is 15.0 Å². The van der Waals surface area contributed by atoms with Gasteiger partial charge in [-0.15, -0.1) is 0 Å². The molecular weight excluding hydrogens is 342 g/mol. The number of hydrogen-bond donors (Lipinski definition) is 3. The van der Waals surface area contributed by atoms with Gasteiger partial charge in [0, 0.05) is 19.3 Å². The summed E-state index contributed by atoms with van der Waals surface area (Å²) in [6, 6.07) is 20.5. The second-order valence-electron chi connectivity index (χ2n) is 5.87. The Hall–Kier alpha value is -3.14. The second-order valence-corrected chi connectivity index (χ2v) is 5.87. The van der Waals surface area contributed by atoms with Crippen LogP contribution in [0.2, 0.25) is 0 Å². The van der Waals surface area contributed by atoms with Gasteiger partial charge in [-0.25, -0.2) is 0 Å². The lowest BCUT2D eigenvalue weighted by Crippen LogP contribution is -2.32. The van der Waals surface area contributed by atoms with Gasteiger partial charge in [-0.05, 0) is 11.1 Å². The van der Waals surface area contributed by atoms with E-state index in [4.69, 9.17) is 10.2 Å². The number of aliphatic hydroxyl groups is 2. The molecular formula is C21H23N3O3. The molecule has 2 rings (SSSR count). The molecule has 0 aliphatic heterocycles. The first-order valence-electron chi connectivity index (χ1n) is 8.68. The van der Waals surface area contributed by atoms with Gasteiger partial charge in [0.25, 0.3) is 5.91 Å². The first-order chi connectivity index (χ1) is 13.2. The minimum absolute atomic E-state index is 0.0891. The fourth-order valence-electron chi connectivity index (χ4n) is 2.68. The van der Waals surface area contributed by atoms with Crippen molar-refractivity contribution in [2.24, 2.45) is 0 Å². The van der Waals surface area contributed by atoms with Gasteiger partial charge in [-0.3, -0.25) is 4.79 Å². The molecule has 0 radical (unpaired) electrons. The summed E-state index contributed by atoms with van der Waals surface area (Å²) in [5, 5.41) is 30.5. The highest BCUT2D eigenvalue weighted by Crippen LogP contribution is 2.22. The van der Waals surface area contributed by atoms with E-state index in [9.17, 15) is 10.1 Å². The Morgan fingerprint density at radius 3 is 1.89 bits per heavy atom. The largest absolute Gasteiger partial charge is 0.395 e. The number of amides is 1. The molecule has 0 saturated carbocycles. The predicted molar refractivity (Wildman–Crippen MR) is 102 cm³/mol. The molecule has 1 amide bonds. The Balaban J connectivity index is 2.28. The molecule has 0 aromatic heterocycles. The highest BCUT2D eigenvalue weighted by molar-refractivity contribution is 5.97. The third-order valence-corrected chi connectivity index (χ3v) is 3.99. The van der Waals surface area contributed by atoms with Crippen LogP contribution in [0.4, 0.5) is 0 Å². The Kier molecular flexibility index (Phi) is 8.04. The molecule has 0 bridgehead atoms. The highest BCUT2D eigenvalue weighted by Gasteiger charge is 2.19. The first-order valence-corrected chi connectivity index (χ1v) is 8.68.